The van der Waals surface area contributed by atoms with Gasteiger partial charge in [0.2, 0.25) is 8.32 Å². The molecule has 0 aromatic heterocycles. The zero-order chi connectivity index (χ0) is 20.3. The highest BCUT2D eigenvalue weighted by Gasteiger charge is 2.63. The van der Waals surface area contributed by atoms with E-state index < -0.39 is 29.0 Å². The van der Waals surface area contributed by atoms with Crippen LogP contribution < -0.4 is 0 Å². The van der Waals surface area contributed by atoms with Gasteiger partial charge < -0.3 is 3.87 Å². The maximum absolute atomic E-state index is 13.2. The topological polar surface area (TPSA) is 43.4 Å². The summed E-state index contributed by atoms with van der Waals surface area (Å²) in [5, 5.41) is -0.630. The van der Waals surface area contributed by atoms with E-state index in [2.05, 4.69) is 0 Å². The highest BCUT2D eigenvalue weighted by molar-refractivity contribution is 7.88. The third kappa shape index (κ3) is 5.00. The van der Waals surface area contributed by atoms with Gasteiger partial charge in [0.15, 0.2) is 0 Å². The van der Waals surface area contributed by atoms with Crippen molar-refractivity contribution in [2.45, 2.75) is 103 Å². The third-order valence-corrected chi connectivity index (χ3v) is 14.5. The summed E-state index contributed by atoms with van der Waals surface area (Å²) in [4.78, 5) is 0. The van der Waals surface area contributed by atoms with Gasteiger partial charge in [-0.2, -0.15) is 21.6 Å². The van der Waals surface area contributed by atoms with Crippen molar-refractivity contribution in [3.05, 3.63) is 0 Å². The van der Waals surface area contributed by atoms with Gasteiger partial charge in [0.05, 0.1) is 0 Å². The van der Waals surface area contributed by atoms with Crippen LogP contribution in [0, 0.1) is 5.92 Å². The standard InChI is InChI=1S/C17H35F3O3SSi/c1-9-11-14(5)25(15(6)12-10-2,16(7,8)13(3)4)23-24(21,22)17(18,19)20/h13-15H,9-12H2,1-8H3. The van der Waals surface area contributed by atoms with E-state index in [0.717, 1.165) is 12.8 Å². The molecule has 0 aliphatic heterocycles. The molecule has 0 rings (SSSR count). The third-order valence-electron chi connectivity index (χ3n) is 5.89. The Bertz CT molecular complexity index is 504. The first-order valence-corrected chi connectivity index (χ1v) is 12.6. The van der Waals surface area contributed by atoms with Crippen LogP contribution in [0.5, 0.6) is 0 Å². The quantitative estimate of drug-likeness (QED) is 0.304. The van der Waals surface area contributed by atoms with Gasteiger partial charge in [0, 0.05) is 0 Å². The van der Waals surface area contributed by atoms with Crippen molar-refractivity contribution < 1.29 is 25.5 Å². The van der Waals surface area contributed by atoms with Crippen LogP contribution in [0.1, 0.15) is 81.1 Å². The van der Waals surface area contributed by atoms with Crippen LogP contribution >= 0.6 is 0 Å². The molecular weight excluding hydrogens is 369 g/mol. The van der Waals surface area contributed by atoms with Gasteiger partial charge in [0.25, 0.3) is 0 Å². The van der Waals surface area contributed by atoms with Crippen molar-refractivity contribution >= 4 is 18.4 Å². The zero-order valence-electron chi connectivity index (χ0n) is 16.8. The number of alkyl halides is 3. The average molecular weight is 405 g/mol. The Morgan fingerprint density at radius 2 is 1.28 bits per heavy atom. The molecule has 0 amide bonds. The first kappa shape index (κ1) is 24.9. The molecule has 0 spiro atoms. The molecule has 25 heavy (non-hydrogen) atoms. The predicted molar refractivity (Wildman–Crippen MR) is 99.4 cm³/mol. The number of rotatable bonds is 10. The van der Waals surface area contributed by atoms with Crippen molar-refractivity contribution in [1.82, 2.24) is 0 Å². The summed E-state index contributed by atoms with van der Waals surface area (Å²) >= 11 is 0. The summed E-state index contributed by atoms with van der Waals surface area (Å²) in [6.45, 7) is 15.3. The SMILES string of the molecule is CCCC(C)[Si](OS(=O)(=O)C(F)(F)F)(C(C)CCC)C(C)(C)C(C)C. The van der Waals surface area contributed by atoms with Gasteiger partial charge >= 0.3 is 15.6 Å². The summed E-state index contributed by atoms with van der Waals surface area (Å²) in [5.41, 5.74) is -5.79. The van der Waals surface area contributed by atoms with Gasteiger partial charge in [-0.1, -0.05) is 81.1 Å². The van der Waals surface area contributed by atoms with Crippen molar-refractivity contribution in [3.63, 3.8) is 0 Å². The van der Waals surface area contributed by atoms with E-state index in [1.54, 1.807) is 0 Å². The van der Waals surface area contributed by atoms with Gasteiger partial charge in [-0.05, 0) is 22.0 Å². The van der Waals surface area contributed by atoms with E-state index in [0.29, 0.717) is 12.8 Å². The van der Waals surface area contributed by atoms with Crippen molar-refractivity contribution in [2.75, 3.05) is 0 Å². The summed E-state index contributed by atoms with van der Waals surface area (Å²) < 4.78 is 68.9. The fourth-order valence-electron chi connectivity index (χ4n) is 4.00. The minimum Gasteiger partial charge on any atom is -0.307 e. The molecule has 2 atom stereocenters. The van der Waals surface area contributed by atoms with E-state index in [1.807, 2.05) is 55.4 Å². The van der Waals surface area contributed by atoms with E-state index >= 15 is 0 Å². The lowest BCUT2D eigenvalue weighted by Gasteiger charge is -2.52. The summed E-state index contributed by atoms with van der Waals surface area (Å²) in [5.74, 6) is 0.00112. The maximum Gasteiger partial charge on any atom is 0.522 e. The Balaban J connectivity index is 6.58. The lowest BCUT2D eigenvalue weighted by atomic mass is 9.99. The molecule has 0 aromatic carbocycles. The molecule has 2 unspecified atom stereocenters. The maximum atomic E-state index is 13.2. The molecule has 0 saturated carbocycles. The van der Waals surface area contributed by atoms with Gasteiger partial charge in [-0.15, -0.1) is 0 Å². The Hall–Kier alpha value is -0.0831. The number of halogens is 3. The Morgan fingerprint density at radius 3 is 1.52 bits per heavy atom. The molecule has 0 fully saturated rings. The van der Waals surface area contributed by atoms with Crippen molar-refractivity contribution in [3.8, 4) is 0 Å². The summed E-state index contributed by atoms with van der Waals surface area (Å²) in [6.07, 6.45) is 2.87. The number of hydrogen-bond donors (Lipinski definition) is 0. The molecule has 152 valence electrons. The van der Waals surface area contributed by atoms with Crippen LogP contribution in [0.4, 0.5) is 13.2 Å². The van der Waals surface area contributed by atoms with Gasteiger partial charge in [-0.3, -0.25) is 0 Å². The van der Waals surface area contributed by atoms with Crippen LogP contribution in [0.2, 0.25) is 16.1 Å². The second-order valence-corrected chi connectivity index (χ2v) is 14.9. The monoisotopic (exact) mass is 404 g/mol. The van der Waals surface area contributed by atoms with Crippen LogP contribution in [0.25, 0.3) is 0 Å². The number of hydrogen-bond acceptors (Lipinski definition) is 3. The molecule has 8 heteroatoms. The van der Waals surface area contributed by atoms with Gasteiger partial charge in [-0.25, -0.2) is 0 Å². The first-order valence-electron chi connectivity index (χ1n) is 9.13. The molecular formula is C17H35F3O3SSi. The molecule has 0 radical (unpaired) electrons. The van der Waals surface area contributed by atoms with Crippen LogP contribution in [0.3, 0.4) is 0 Å². The minimum absolute atomic E-state index is 0.00112. The second kappa shape index (κ2) is 8.74. The molecule has 0 aliphatic rings. The lowest BCUT2D eigenvalue weighted by molar-refractivity contribution is -0.0508. The second-order valence-electron chi connectivity index (χ2n) is 8.03. The van der Waals surface area contributed by atoms with Crippen LogP contribution in [0.15, 0.2) is 0 Å². The molecule has 0 heterocycles. The van der Waals surface area contributed by atoms with Gasteiger partial charge in [0.1, 0.15) is 0 Å². The lowest BCUT2D eigenvalue weighted by Crippen LogP contribution is -2.58. The van der Waals surface area contributed by atoms with Crippen LogP contribution in [-0.4, -0.2) is 22.2 Å². The Labute approximate surface area is 153 Å². The van der Waals surface area contributed by atoms with Crippen molar-refractivity contribution in [1.29, 1.82) is 0 Å². The fourth-order valence-corrected chi connectivity index (χ4v) is 13.9. The predicted octanol–water partition coefficient (Wildman–Crippen LogP) is 6.61. The normalized spacial score (nSPS) is 18.9. The van der Waals surface area contributed by atoms with E-state index in [-0.39, 0.29) is 17.0 Å². The zero-order valence-corrected chi connectivity index (χ0v) is 18.6. The van der Waals surface area contributed by atoms with E-state index in [1.165, 1.54) is 0 Å². The van der Waals surface area contributed by atoms with E-state index in [4.69, 9.17) is 3.87 Å². The van der Waals surface area contributed by atoms with Crippen molar-refractivity contribution in [2.24, 2.45) is 5.92 Å². The average Bonchev–Trinajstić information content (AvgIpc) is 2.43. The first-order chi connectivity index (χ1) is 11.1. The molecule has 0 bridgehead atoms. The minimum atomic E-state index is -5.64. The summed E-state index contributed by atoms with van der Waals surface area (Å²) in [7, 11) is -9.03. The Kier molecular flexibility index (Phi) is 8.71. The highest BCUT2D eigenvalue weighted by atomic mass is 32.2. The molecule has 3 nitrogen and oxygen atoms in total. The van der Waals surface area contributed by atoms with E-state index in [9.17, 15) is 21.6 Å². The summed E-state index contributed by atoms with van der Waals surface area (Å²) in [6, 6.07) is 0. The molecule has 0 N–H and O–H groups in total. The fraction of sp³-hybridized carbons (Fsp3) is 1.00. The molecule has 0 saturated heterocycles. The largest absolute Gasteiger partial charge is 0.522 e. The smallest absolute Gasteiger partial charge is 0.307 e. The van der Waals surface area contributed by atoms with Crippen LogP contribution in [-0.2, 0) is 14.0 Å². The molecule has 0 aliphatic carbocycles. The highest BCUT2D eigenvalue weighted by Crippen LogP contribution is 2.58. The Morgan fingerprint density at radius 1 is 0.920 bits per heavy atom. The molecule has 0 aromatic rings.